The molecule has 0 saturated heterocycles. The van der Waals surface area contributed by atoms with Gasteiger partial charge in [-0.2, -0.15) is 4.72 Å². The van der Waals surface area contributed by atoms with Crippen LogP contribution in [-0.2, 0) is 19.6 Å². The van der Waals surface area contributed by atoms with Crippen molar-refractivity contribution in [3.05, 3.63) is 59.1 Å². The molecule has 0 aromatic heterocycles. The van der Waals surface area contributed by atoms with Crippen molar-refractivity contribution in [3.8, 4) is 12.3 Å². The van der Waals surface area contributed by atoms with E-state index in [-0.39, 0.29) is 17.0 Å². The molecule has 0 heterocycles. The molecule has 1 atom stereocenters. The Morgan fingerprint density at radius 3 is 2.54 bits per heavy atom. The molecule has 0 radical (unpaired) electrons. The van der Waals surface area contributed by atoms with E-state index >= 15 is 0 Å². The number of rotatable bonds is 7. The van der Waals surface area contributed by atoms with Gasteiger partial charge in [-0.05, 0) is 49.4 Å². The Morgan fingerprint density at radius 1 is 1.21 bits per heavy atom. The lowest BCUT2D eigenvalue weighted by molar-refractivity contribution is -0.123. The van der Waals surface area contributed by atoms with Gasteiger partial charge in [0, 0.05) is 10.7 Å². The van der Waals surface area contributed by atoms with Gasteiger partial charge in [-0.15, -0.1) is 6.42 Å². The number of carbonyl (C=O) groups is 2. The van der Waals surface area contributed by atoms with E-state index in [1.807, 2.05) is 0 Å². The highest BCUT2D eigenvalue weighted by Crippen LogP contribution is 2.15. The maximum Gasteiger partial charge on any atom is 0.338 e. The molecule has 9 heteroatoms. The first-order chi connectivity index (χ1) is 13.2. The van der Waals surface area contributed by atoms with Crippen molar-refractivity contribution in [1.29, 1.82) is 0 Å². The molecule has 0 saturated carbocycles. The summed E-state index contributed by atoms with van der Waals surface area (Å²) in [5, 5.41) is 3.10. The Morgan fingerprint density at radius 2 is 1.89 bits per heavy atom. The van der Waals surface area contributed by atoms with E-state index in [9.17, 15) is 18.0 Å². The van der Waals surface area contributed by atoms with Gasteiger partial charge < -0.3 is 10.1 Å². The second-order valence-electron chi connectivity index (χ2n) is 5.60. The number of amides is 1. The van der Waals surface area contributed by atoms with Crippen LogP contribution in [0.2, 0.25) is 5.02 Å². The number of carbonyl (C=O) groups excluding carboxylic acids is 2. The maximum atomic E-state index is 12.3. The van der Waals surface area contributed by atoms with E-state index in [4.69, 9.17) is 22.8 Å². The van der Waals surface area contributed by atoms with E-state index in [0.717, 1.165) is 6.07 Å². The molecule has 0 aliphatic heterocycles. The van der Waals surface area contributed by atoms with E-state index in [0.29, 0.717) is 10.7 Å². The fourth-order valence-corrected chi connectivity index (χ4v) is 3.18. The number of nitrogens with one attached hydrogen (secondary N) is 2. The maximum absolute atomic E-state index is 12.3. The Bertz CT molecular complexity index is 1010. The Balaban J connectivity index is 2.05. The number of terminal acetylenes is 1. The molecule has 2 aromatic rings. The summed E-state index contributed by atoms with van der Waals surface area (Å²) in [6, 6.07) is 11.6. The van der Waals surface area contributed by atoms with Crippen LogP contribution >= 0.6 is 11.6 Å². The molecule has 28 heavy (non-hydrogen) atoms. The number of esters is 1. The van der Waals surface area contributed by atoms with Gasteiger partial charge in [0.05, 0.1) is 17.0 Å². The summed E-state index contributed by atoms with van der Waals surface area (Å²) in [5.74, 6) is 0.773. The minimum absolute atomic E-state index is 0.0188. The van der Waals surface area contributed by atoms with Crippen LogP contribution in [0, 0.1) is 12.3 Å². The van der Waals surface area contributed by atoms with E-state index in [1.165, 1.54) is 25.1 Å². The largest absolute Gasteiger partial charge is 0.449 e. The first kappa shape index (κ1) is 21.4. The molecule has 0 spiro atoms. The van der Waals surface area contributed by atoms with Gasteiger partial charge >= 0.3 is 5.97 Å². The highest BCUT2D eigenvalue weighted by Gasteiger charge is 2.21. The van der Waals surface area contributed by atoms with Crippen LogP contribution in [-0.4, -0.2) is 32.9 Å². The highest BCUT2D eigenvalue weighted by atomic mass is 35.5. The molecular weight excluding hydrogens is 404 g/mol. The minimum atomic E-state index is -3.86. The summed E-state index contributed by atoms with van der Waals surface area (Å²) in [7, 11) is -3.86. The smallest absolute Gasteiger partial charge is 0.338 e. The molecule has 1 unspecified atom stereocenters. The van der Waals surface area contributed by atoms with Gasteiger partial charge in [0.1, 0.15) is 0 Å². The van der Waals surface area contributed by atoms with Crippen LogP contribution in [0.4, 0.5) is 5.69 Å². The fraction of sp³-hybridized carbons (Fsp3) is 0.158. The Hall–Kier alpha value is -2.86. The van der Waals surface area contributed by atoms with Gasteiger partial charge in [0.25, 0.3) is 5.91 Å². The second kappa shape index (κ2) is 9.37. The molecule has 2 N–H and O–H groups in total. The number of anilines is 1. The summed E-state index contributed by atoms with van der Waals surface area (Å²) < 4.78 is 31.5. The van der Waals surface area contributed by atoms with Crippen molar-refractivity contribution in [1.82, 2.24) is 4.72 Å². The van der Waals surface area contributed by atoms with Gasteiger partial charge in [-0.3, -0.25) is 4.79 Å². The third-order valence-corrected chi connectivity index (χ3v) is 5.16. The van der Waals surface area contributed by atoms with Crippen molar-refractivity contribution >= 4 is 39.2 Å². The lowest BCUT2D eigenvalue weighted by atomic mass is 10.2. The zero-order valence-electron chi connectivity index (χ0n) is 14.8. The topological polar surface area (TPSA) is 102 Å². The van der Waals surface area contributed by atoms with Gasteiger partial charge in [-0.25, -0.2) is 13.2 Å². The van der Waals surface area contributed by atoms with Crippen molar-refractivity contribution in [2.45, 2.75) is 17.9 Å². The van der Waals surface area contributed by atoms with Crippen LogP contribution < -0.4 is 10.0 Å². The quantitative estimate of drug-likeness (QED) is 0.529. The molecule has 2 aromatic carbocycles. The van der Waals surface area contributed by atoms with Crippen molar-refractivity contribution in [2.75, 3.05) is 11.9 Å². The average Bonchev–Trinajstić information content (AvgIpc) is 2.68. The summed E-state index contributed by atoms with van der Waals surface area (Å²) in [4.78, 5) is 24.3. The summed E-state index contributed by atoms with van der Waals surface area (Å²) in [6.07, 6.45) is 3.93. The lowest BCUT2D eigenvalue weighted by Crippen LogP contribution is -2.30. The zero-order valence-corrected chi connectivity index (χ0v) is 16.4. The van der Waals surface area contributed by atoms with Gasteiger partial charge in [0.2, 0.25) is 10.0 Å². The molecule has 0 bridgehead atoms. The third kappa shape index (κ3) is 5.82. The van der Waals surface area contributed by atoms with E-state index in [1.54, 1.807) is 24.3 Å². The van der Waals surface area contributed by atoms with Gasteiger partial charge in [0.15, 0.2) is 6.10 Å². The predicted molar refractivity (Wildman–Crippen MR) is 105 cm³/mol. The molecular formula is C19H17ClN2O5S. The first-order valence-corrected chi connectivity index (χ1v) is 9.89. The number of hydrogen-bond acceptors (Lipinski definition) is 5. The predicted octanol–water partition coefficient (Wildman–Crippen LogP) is 2.44. The summed E-state index contributed by atoms with van der Waals surface area (Å²) in [5.41, 5.74) is 0.472. The molecule has 1 amide bonds. The van der Waals surface area contributed by atoms with Gasteiger partial charge in [-0.1, -0.05) is 23.6 Å². The van der Waals surface area contributed by atoms with Crippen LogP contribution in [0.5, 0.6) is 0 Å². The number of sulfonamides is 1. The normalized spacial score (nSPS) is 11.9. The highest BCUT2D eigenvalue weighted by molar-refractivity contribution is 7.89. The third-order valence-electron chi connectivity index (χ3n) is 3.51. The lowest BCUT2D eigenvalue weighted by Gasteiger charge is -2.14. The molecule has 0 aliphatic carbocycles. The van der Waals surface area contributed by atoms with Crippen LogP contribution in [0.15, 0.2) is 53.4 Å². The Kier molecular flexibility index (Phi) is 7.18. The van der Waals surface area contributed by atoms with Crippen LogP contribution in [0.1, 0.15) is 17.3 Å². The standard InChI is InChI=1S/C19H17ClN2O5S/c1-3-11-21-28(25,26)17-6-4-5-14(12-17)19(24)27-13(2)18(23)22-16-9-7-15(20)8-10-16/h1,4-10,12-13,21H,11H2,2H3,(H,22,23). The average molecular weight is 421 g/mol. The summed E-state index contributed by atoms with van der Waals surface area (Å²) >= 11 is 5.78. The number of benzene rings is 2. The molecule has 146 valence electrons. The fourth-order valence-electron chi connectivity index (χ4n) is 2.07. The monoisotopic (exact) mass is 420 g/mol. The number of ether oxygens (including phenoxy) is 1. The van der Waals surface area contributed by atoms with Crippen molar-refractivity contribution in [3.63, 3.8) is 0 Å². The molecule has 0 fully saturated rings. The van der Waals surface area contributed by atoms with Crippen molar-refractivity contribution in [2.24, 2.45) is 0 Å². The molecule has 0 aliphatic rings. The Labute approximate surface area is 168 Å². The van der Waals surface area contributed by atoms with E-state index in [2.05, 4.69) is 16.0 Å². The molecule has 2 rings (SSSR count). The SMILES string of the molecule is C#CCNS(=O)(=O)c1cccc(C(=O)OC(C)C(=O)Nc2ccc(Cl)cc2)c1. The number of halogens is 1. The first-order valence-electron chi connectivity index (χ1n) is 8.03. The second-order valence-corrected chi connectivity index (χ2v) is 7.80. The summed E-state index contributed by atoms with van der Waals surface area (Å²) in [6.45, 7) is 1.22. The zero-order chi connectivity index (χ0) is 20.7. The van der Waals surface area contributed by atoms with Crippen LogP contribution in [0.25, 0.3) is 0 Å². The van der Waals surface area contributed by atoms with Crippen molar-refractivity contribution < 1.29 is 22.7 Å². The number of hydrogen-bond donors (Lipinski definition) is 2. The van der Waals surface area contributed by atoms with E-state index < -0.39 is 28.0 Å². The minimum Gasteiger partial charge on any atom is -0.449 e. The molecule has 7 nitrogen and oxygen atoms in total. The van der Waals surface area contributed by atoms with Crippen LogP contribution in [0.3, 0.4) is 0 Å².